The van der Waals surface area contributed by atoms with Crippen molar-refractivity contribution in [1.29, 1.82) is 0 Å². The predicted octanol–water partition coefficient (Wildman–Crippen LogP) is 3.34. The van der Waals surface area contributed by atoms with Gasteiger partial charge in [0.25, 0.3) is 5.69 Å². The topological polar surface area (TPSA) is 124 Å². The minimum atomic E-state index is -0.740. The van der Waals surface area contributed by atoms with Crippen LogP contribution in [0.5, 0.6) is 0 Å². The zero-order valence-corrected chi connectivity index (χ0v) is 18.2. The van der Waals surface area contributed by atoms with Gasteiger partial charge in [-0.25, -0.2) is 4.79 Å². The van der Waals surface area contributed by atoms with Gasteiger partial charge < -0.3 is 4.74 Å². The molecule has 2 bridgehead atoms. The maximum atomic E-state index is 13.0. The van der Waals surface area contributed by atoms with Gasteiger partial charge in [0.1, 0.15) is 0 Å². The Labute approximate surface area is 194 Å². The summed E-state index contributed by atoms with van der Waals surface area (Å²) in [6.07, 6.45) is 2.97. The molecule has 0 N–H and O–H groups in total. The van der Waals surface area contributed by atoms with Crippen LogP contribution >= 0.6 is 0 Å². The molecule has 1 saturated heterocycles. The molecule has 2 aromatic carbocycles. The number of rotatable bonds is 6. The summed E-state index contributed by atoms with van der Waals surface area (Å²) in [5, 5.41) is 10.7. The van der Waals surface area contributed by atoms with Crippen LogP contribution in [0.4, 0.5) is 11.4 Å². The van der Waals surface area contributed by atoms with Crippen molar-refractivity contribution in [3.05, 3.63) is 81.4 Å². The van der Waals surface area contributed by atoms with E-state index in [4.69, 9.17) is 4.74 Å². The van der Waals surface area contributed by atoms with Crippen molar-refractivity contribution in [2.45, 2.75) is 13.3 Å². The fourth-order valence-corrected chi connectivity index (χ4v) is 5.34. The van der Waals surface area contributed by atoms with E-state index in [0.717, 1.165) is 6.42 Å². The van der Waals surface area contributed by atoms with Crippen LogP contribution in [0.15, 0.2) is 60.2 Å². The summed E-state index contributed by atoms with van der Waals surface area (Å²) in [5.74, 6) is -2.02. The van der Waals surface area contributed by atoms with Gasteiger partial charge in [0.15, 0.2) is 12.4 Å². The van der Waals surface area contributed by atoms with Gasteiger partial charge >= 0.3 is 5.97 Å². The molecule has 0 aromatic heterocycles. The quantitative estimate of drug-likeness (QED) is 0.162. The van der Waals surface area contributed by atoms with Gasteiger partial charge in [-0.15, -0.1) is 0 Å². The first-order valence-corrected chi connectivity index (χ1v) is 10.9. The molecule has 0 spiro atoms. The van der Waals surface area contributed by atoms with Crippen molar-refractivity contribution in [3.63, 3.8) is 0 Å². The number of hydrogen-bond donors (Lipinski definition) is 0. The van der Waals surface area contributed by atoms with Crippen LogP contribution in [0.3, 0.4) is 0 Å². The number of esters is 1. The predicted molar refractivity (Wildman–Crippen MR) is 119 cm³/mol. The highest BCUT2D eigenvalue weighted by atomic mass is 16.6. The molecule has 1 aliphatic heterocycles. The lowest BCUT2D eigenvalue weighted by atomic mass is 9.82. The zero-order chi connectivity index (χ0) is 24.1. The Hall–Kier alpha value is -4.14. The van der Waals surface area contributed by atoms with Crippen LogP contribution in [0.1, 0.15) is 34.1 Å². The van der Waals surface area contributed by atoms with Crippen LogP contribution in [-0.4, -0.2) is 35.1 Å². The monoisotopic (exact) mass is 460 g/mol. The maximum Gasteiger partial charge on any atom is 0.338 e. The molecular formula is C25H20N2O7. The van der Waals surface area contributed by atoms with Crippen LogP contribution in [0.2, 0.25) is 0 Å². The molecule has 2 amide bonds. The van der Waals surface area contributed by atoms with E-state index in [1.54, 1.807) is 0 Å². The molecule has 2 fully saturated rings. The summed E-state index contributed by atoms with van der Waals surface area (Å²) >= 11 is 0. The number of ether oxygens (including phenoxy) is 1. The lowest BCUT2D eigenvalue weighted by molar-refractivity contribution is -0.384. The smallest absolute Gasteiger partial charge is 0.338 e. The highest BCUT2D eigenvalue weighted by Gasteiger charge is 2.60. The van der Waals surface area contributed by atoms with Crippen molar-refractivity contribution in [2.75, 3.05) is 11.5 Å². The summed E-state index contributed by atoms with van der Waals surface area (Å²) < 4.78 is 5.06. The number of ketones is 1. The van der Waals surface area contributed by atoms with Crippen molar-refractivity contribution in [3.8, 4) is 0 Å². The third kappa shape index (κ3) is 3.40. The lowest BCUT2D eigenvalue weighted by Gasteiger charge is -2.19. The van der Waals surface area contributed by atoms with E-state index in [0.29, 0.717) is 5.69 Å². The number of imide groups is 1. The van der Waals surface area contributed by atoms with Crippen LogP contribution < -0.4 is 4.90 Å². The minimum Gasteiger partial charge on any atom is -0.454 e. The average Bonchev–Trinajstić information content (AvgIpc) is 3.47. The van der Waals surface area contributed by atoms with Gasteiger partial charge in [-0.1, -0.05) is 11.6 Å². The second kappa shape index (κ2) is 8.02. The molecule has 5 rings (SSSR count). The number of anilines is 1. The van der Waals surface area contributed by atoms with Crippen LogP contribution in [-0.2, 0) is 14.3 Å². The lowest BCUT2D eigenvalue weighted by Crippen LogP contribution is -2.32. The summed E-state index contributed by atoms with van der Waals surface area (Å²) in [6.45, 7) is 1.48. The van der Waals surface area contributed by atoms with Gasteiger partial charge in [0.2, 0.25) is 11.8 Å². The summed E-state index contributed by atoms with van der Waals surface area (Å²) in [6, 6.07) is 10.9. The normalized spacial score (nSPS) is 24.7. The van der Waals surface area contributed by atoms with Crippen LogP contribution in [0.25, 0.3) is 0 Å². The third-order valence-corrected chi connectivity index (χ3v) is 6.98. The average molecular weight is 460 g/mol. The fraction of sp³-hybridized carbons (Fsp3) is 0.280. The van der Waals surface area contributed by atoms with E-state index < -0.39 is 23.3 Å². The van der Waals surface area contributed by atoms with E-state index in [1.165, 1.54) is 59.0 Å². The first-order chi connectivity index (χ1) is 16.3. The maximum absolute atomic E-state index is 13.0. The first-order valence-electron chi connectivity index (χ1n) is 10.9. The molecule has 2 aliphatic carbocycles. The molecule has 0 radical (unpaired) electrons. The van der Waals surface area contributed by atoms with E-state index in [9.17, 15) is 29.3 Å². The minimum absolute atomic E-state index is 0.110. The van der Waals surface area contributed by atoms with E-state index >= 15 is 0 Å². The fourth-order valence-electron chi connectivity index (χ4n) is 5.34. The SMILES string of the molecule is CC1=C[C@H]2C[C@H]1[C@@H]1C(=O)N(c3ccc(C(=O)OCC(=O)c4ccc([N+](=O)[O-])cc4)cc3)C(=O)[C@@H]12. The number of carbonyl (C=O) groups excluding carboxylic acids is 4. The highest BCUT2D eigenvalue weighted by molar-refractivity contribution is 6.23. The molecule has 4 atom stereocenters. The van der Waals surface area contributed by atoms with Crippen LogP contribution in [0, 0.1) is 33.8 Å². The van der Waals surface area contributed by atoms with Crippen molar-refractivity contribution in [2.24, 2.45) is 23.7 Å². The molecule has 0 unspecified atom stereocenters. The zero-order valence-electron chi connectivity index (χ0n) is 18.2. The molecule has 2 aromatic rings. The molecule has 1 heterocycles. The first kappa shape index (κ1) is 21.7. The van der Waals surface area contributed by atoms with Gasteiger partial charge in [0.05, 0.1) is 28.0 Å². The van der Waals surface area contributed by atoms with Gasteiger partial charge in [-0.2, -0.15) is 0 Å². The third-order valence-electron chi connectivity index (χ3n) is 6.98. The largest absolute Gasteiger partial charge is 0.454 e. The molecule has 34 heavy (non-hydrogen) atoms. The van der Waals surface area contributed by atoms with E-state index in [-0.39, 0.29) is 52.3 Å². The number of allylic oxidation sites excluding steroid dienone is 2. The standard InChI is InChI=1S/C25H20N2O7/c1-13-10-16-11-19(13)22-21(16)23(29)26(24(22)30)17-6-4-15(5-7-17)25(31)34-12-20(28)14-2-8-18(9-3-14)27(32)33/h2-10,16,19,21-22H,11-12H2,1H3/t16-,19+,21+,22-/m0/s1. The Morgan fingerprint density at radius 1 is 1.00 bits per heavy atom. The van der Waals surface area contributed by atoms with E-state index in [1.807, 2.05) is 6.92 Å². The Morgan fingerprint density at radius 3 is 2.26 bits per heavy atom. The Bertz CT molecular complexity index is 1260. The summed E-state index contributed by atoms with van der Waals surface area (Å²) in [5.41, 5.74) is 1.78. The number of carbonyl (C=O) groups is 4. The van der Waals surface area contributed by atoms with Gasteiger partial charge in [0, 0.05) is 17.7 Å². The molecule has 1 saturated carbocycles. The summed E-state index contributed by atoms with van der Waals surface area (Å²) in [7, 11) is 0. The van der Waals surface area contributed by atoms with E-state index in [2.05, 4.69) is 6.08 Å². The number of nitro benzene ring substituents is 1. The number of Topliss-reactive ketones (excluding diaryl/α,β-unsaturated/α-hetero) is 1. The molecule has 3 aliphatic rings. The Balaban J connectivity index is 1.23. The molecule has 9 heteroatoms. The number of amides is 2. The second-order valence-corrected chi connectivity index (χ2v) is 8.83. The summed E-state index contributed by atoms with van der Waals surface area (Å²) in [4.78, 5) is 61.9. The van der Waals surface area contributed by atoms with Crippen molar-refractivity contribution < 1.29 is 28.8 Å². The molecule has 9 nitrogen and oxygen atoms in total. The van der Waals surface area contributed by atoms with Gasteiger partial charge in [-0.05, 0) is 61.6 Å². The second-order valence-electron chi connectivity index (χ2n) is 8.83. The number of non-ortho nitro benzene ring substituents is 1. The molecular weight excluding hydrogens is 440 g/mol. The number of nitrogens with zero attached hydrogens (tertiary/aromatic N) is 2. The number of nitro groups is 1. The Morgan fingerprint density at radius 2 is 1.62 bits per heavy atom. The van der Waals surface area contributed by atoms with Crippen molar-refractivity contribution >= 4 is 34.9 Å². The highest BCUT2D eigenvalue weighted by Crippen LogP contribution is 2.55. The number of benzene rings is 2. The Kier molecular flexibility index (Phi) is 5.11. The number of fused-ring (bicyclic) bond motifs is 5. The molecule has 172 valence electrons. The van der Waals surface area contributed by atoms with Crippen molar-refractivity contribution in [1.82, 2.24) is 0 Å². The number of hydrogen-bond acceptors (Lipinski definition) is 7. The van der Waals surface area contributed by atoms with Gasteiger partial charge in [-0.3, -0.25) is 29.4 Å².